The van der Waals surface area contributed by atoms with Crippen molar-refractivity contribution in [3.8, 4) is 0 Å². The first-order chi connectivity index (χ1) is 9.75. The summed E-state index contributed by atoms with van der Waals surface area (Å²) in [6, 6.07) is 13.1. The van der Waals surface area contributed by atoms with Crippen LogP contribution in [0.5, 0.6) is 0 Å². The smallest absolute Gasteiger partial charge is 0.305 e. The molecule has 0 aliphatic heterocycles. The number of pyridine rings is 1. The third-order valence-corrected chi connectivity index (χ3v) is 3.21. The third kappa shape index (κ3) is 2.25. The Morgan fingerprint density at radius 3 is 2.65 bits per heavy atom. The van der Waals surface area contributed by atoms with Crippen molar-refractivity contribution in [3.05, 3.63) is 75.1 Å². The molecule has 1 aromatic carbocycles. The maximum Gasteiger partial charge on any atom is 0.328 e. The molecular weight excluding hydrogens is 254 g/mol. The fraction of sp³-hybridized carbons (Fsp3) is 0.133. The Kier molecular flexibility index (Phi) is 3.16. The van der Waals surface area contributed by atoms with E-state index in [1.165, 1.54) is 4.57 Å². The van der Waals surface area contributed by atoms with Crippen LogP contribution in [-0.4, -0.2) is 14.5 Å². The molecule has 2 heterocycles. The van der Waals surface area contributed by atoms with Crippen molar-refractivity contribution in [1.29, 1.82) is 0 Å². The number of hydrogen-bond donors (Lipinski definition) is 1. The van der Waals surface area contributed by atoms with Crippen molar-refractivity contribution < 1.29 is 0 Å². The van der Waals surface area contributed by atoms with Crippen molar-refractivity contribution in [2.75, 3.05) is 0 Å². The van der Waals surface area contributed by atoms with Crippen LogP contribution in [0.15, 0.2) is 58.3 Å². The molecule has 0 fully saturated rings. The molecule has 3 rings (SSSR count). The summed E-state index contributed by atoms with van der Waals surface area (Å²) in [5.41, 5.74) is 1.10. The molecule has 0 radical (unpaired) electrons. The Bertz CT molecular complexity index is 850. The first kappa shape index (κ1) is 12.3. The number of H-pyrrole nitrogens is 1. The van der Waals surface area contributed by atoms with E-state index in [0.717, 1.165) is 5.56 Å². The van der Waals surface area contributed by atoms with E-state index in [-0.39, 0.29) is 5.56 Å². The van der Waals surface area contributed by atoms with Gasteiger partial charge in [-0.1, -0.05) is 30.3 Å². The molecule has 0 aliphatic rings. The molecule has 3 aromatic rings. The van der Waals surface area contributed by atoms with Crippen LogP contribution in [0.25, 0.3) is 11.0 Å². The van der Waals surface area contributed by atoms with Crippen LogP contribution >= 0.6 is 0 Å². The number of aromatic nitrogens is 3. The summed E-state index contributed by atoms with van der Waals surface area (Å²) in [6.07, 6.45) is 2.17. The van der Waals surface area contributed by atoms with Crippen molar-refractivity contribution in [1.82, 2.24) is 14.5 Å². The van der Waals surface area contributed by atoms with Gasteiger partial charge >= 0.3 is 5.69 Å². The predicted octanol–water partition coefficient (Wildman–Crippen LogP) is 1.33. The van der Waals surface area contributed by atoms with E-state index >= 15 is 0 Å². The van der Waals surface area contributed by atoms with E-state index in [0.29, 0.717) is 24.0 Å². The lowest BCUT2D eigenvalue weighted by Gasteiger charge is -2.05. The average molecular weight is 267 g/mol. The zero-order valence-electron chi connectivity index (χ0n) is 10.7. The molecule has 100 valence electrons. The quantitative estimate of drug-likeness (QED) is 0.778. The number of nitrogens with one attached hydrogen (secondary N) is 1. The van der Waals surface area contributed by atoms with Gasteiger partial charge in [0.05, 0.1) is 5.52 Å². The van der Waals surface area contributed by atoms with Crippen molar-refractivity contribution in [3.63, 3.8) is 0 Å². The fourth-order valence-electron chi connectivity index (χ4n) is 2.17. The molecule has 0 aliphatic carbocycles. The molecule has 20 heavy (non-hydrogen) atoms. The first-order valence-electron chi connectivity index (χ1n) is 6.37. The lowest BCUT2D eigenvalue weighted by atomic mass is 10.1. The second kappa shape index (κ2) is 5.13. The number of rotatable bonds is 3. The molecule has 0 unspecified atom stereocenters. The topological polar surface area (TPSA) is 67.8 Å². The van der Waals surface area contributed by atoms with E-state index in [1.54, 1.807) is 18.3 Å². The van der Waals surface area contributed by atoms with E-state index in [1.807, 2.05) is 30.3 Å². The molecule has 5 nitrogen and oxygen atoms in total. The predicted molar refractivity (Wildman–Crippen MR) is 76.8 cm³/mol. The van der Waals surface area contributed by atoms with Crippen LogP contribution in [0, 0.1) is 0 Å². The second-order valence-corrected chi connectivity index (χ2v) is 4.52. The number of hydrogen-bond acceptors (Lipinski definition) is 3. The van der Waals surface area contributed by atoms with Gasteiger partial charge in [0.25, 0.3) is 5.56 Å². The molecular formula is C15H13N3O2. The van der Waals surface area contributed by atoms with E-state index in [4.69, 9.17) is 0 Å². The number of aryl methyl sites for hydroxylation is 1. The maximum atomic E-state index is 12.3. The SMILES string of the molecule is O=c1[nH]c2cccnc2c(=O)n1CCc1ccccc1. The molecule has 0 atom stereocenters. The van der Waals surface area contributed by atoms with Gasteiger partial charge in [-0.15, -0.1) is 0 Å². The molecule has 0 bridgehead atoms. The average Bonchev–Trinajstić information content (AvgIpc) is 2.48. The summed E-state index contributed by atoms with van der Waals surface area (Å²) in [7, 11) is 0. The van der Waals surface area contributed by atoms with Gasteiger partial charge in [-0.25, -0.2) is 9.78 Å². The first-order valence-corrected chi connectivity index (χ1v) is 6.37. The lowest BCUT2D eigenvalue weighted by Crippen LogP contribution is -2.36. The minimum atomic E-state index is -0.397. The molecule has 0 amide bonds. The number of nitrogens with zero attached hydrogens (tertiary/aromatic N) is 2. The van der Waals surface area contributed by atoms with Gasteiger partial charge in [0.15, 0.2) is 5.52 Å². The molecule has 1 N–H and O–H groups in total. The molecule has 0 saturated carbocycles. The van der Waals surface area contributed by atoms with E-state index in [9.17, 15) is 9.59 Å². The Labute approximate surface area is 114 Å². The van der Waals surface area contributed by atoms with Crippen LogP contribution < -0.4 is 11.2 Å². The van der Waals surface area contributed by atoms with Gasteiger partial charge in [0.1, 0.15) is 0 Å². The molecule has 0 saturated heterocycles. The van der Waals surface area contributed by atoms with Gasteiger partial charge in [0.2, 0.25) is 0 Å². The number of fused-ring (bicyclic) bond motifs is 1. The van der Waals surface area contributed by atoms with Gasteiger partial charge in [-0.05, 0) is 24.1 Å². The Balaban J connectivity index is 2.00. The summed E-state index contributed by atoms with van der Waals surface area (Å²) in [5.74, 6) is 0. The highest BCUT2D eigenvalue weighted by Gasteiger charge is 2.07. The van der Waals surface area contributed by atoms with E-state index in [2.05, 4.69) is 9.97 Å². The van der Waals surface area contributed by atoms with Gasteiger partial charge < -0.3 is 4.98 Å². The summed E-state index contributed by atoms with van der Waals surface area (Å²) >= 11 is 0. The van der Waals surface area contributed by atoms with Gasteiger partial charge in [0, 0.05) is 12.7 Å². The lowest BCUT2D eigenvalue weighted by molar-refractivity contribution is 0.635. The summed E-state index contributed by atoms with van der Waals surface area (Å²) in [6.45, 7) is 0.338. The van der Waals surface area contributed by atoms with Crippen molar-refractivity contribution in [2.45, 2.75) is 13.0 Å². The van der Waals surface area contributed by atoms with Crippen LogP contribution in [0.3, 0.4) is 0 Å². The highest BCUT2D eigenvalue weighted by Crippen LogP contribution is 2.02. The highest BCUT2D eigenvalue weighted by atomic mass is 16.2. The summed E-state index contributed by atoms with van der Waals surface area (Å²) < 4.78 is 1.20. The highest BCUT2D eigenvalue weighted by molar-refractivity contribution is 5.71. The molecule has 0 spiro atoms. The minimum absolute atomic E-state index is 0.292. The molecule has 5 heteroatoms. The Morgan fingerprint density at radius 2 is 1.85 bits per heavy atom. The fourth-order valence-corrected chi connectivity index (χ4v) is 2.17. The number of aromatic amines is 1. The van der Waals surface area contributed by atoms with E-state index < -0.39 is 5.69 Å². The normalized spacial score (nSPS) is 10.8. The summed E-state index contributed by atoms with van der Waals surface area (Å²) in [4.78, 5) is 30.9. The Hall–Kier alpha value is -2.69. The molecule has 2 aromatic heterocycles. The van der Waals surface area contributed by atoms with Crippen LogP contribution in [0.2, 0.25) is 0 Å². The van der Waals surface area contributed by atoms with Gasteiger partial charge in [-0.2, -0.15) is 0 Å². The second-order valence-electron chi connectivity index (χ2n) is 4.52. The number of benzene rings is 1. The van der Waals surface area contributed by atoms with Crippen molar-refractivity contribution >= 4 is 11.0 Å². The largest absolute Gasteiger partial charge is 0.328 e. The van der Waals surface area contributed by atoms with Crippen LogP contribution in [0.1, 0.15) is 5.56 Å². The zero-order valence-corrected chi connectivity index (χ0v) is 10.7. The maximum absolute atomic E-state index is 12.3. The third-order valence-electron chi connectivity index (χ3n) is 3.21. The van der Waals surface area contributed by atoms with Crippen LogP contribution in [0.4, 0.5) is 0 Å². The Morgan fingerprint density at radius 1 is 1.05 bits per heavy atom. The monoisotopic (exact) mass is 267 g/mol. The standard InChI is InChI=1S/C15H13N3O2/c19-14-13-12(7-4-9-16-13)17-15(20)18(14)10-8-11-5-2-1-3-6-11/h1-7,9H,8,10H2,(H,17,20). The minimum Gasteiger partial charge on any atom is -0.305 e. The summed E-state index contributed by atoms with van der Waals surface area (Å²) in [5, 5.41) is 0. The van der Waals surface area contributed by atoms with Crippen molar-refractivity contribution in [2.24, 2.45) is 0 Å². The van der Waals surface area contributed by atoms with Crippen LogP contribution in [-0.2, 0) is 13.0 Å². The zero-order chi connectivity index (χ0) is 13.9. The van der Waals surface area contributed by atoms with Gasteiger partial charge in [-0.3, -0.25) is 9.36 Å².